The predicted molar refractivity (Wildman–Crippen MR) is 197 cm³/mol. The molecular weight excluding hydrogens is 649 g/mol. The third kappa shape index (κ3) is 6.74. The smallest absolute Gasteiger partial charge is 0.328 e. The molecule has 1 N–H and O–H groups in total. The Kier molecular flexibility index (Phi) is 9.17. The molecule has 10 nitrogen and oxygen atoms in total. The van der Waals surface area contributed by atoms with E-state index < -0.39 is 0 Å². The Balaban J connectivity index is 1.35. The summed E-state index contributed by atoms with van der Waals surface area (Å²) < 4.78 is 12.5. The lowest BCUT2D eigenvalue weighted by Gasteiger charge is -2.31. The maximum atomic E-state index is 13.8. The Hall–Kier alpha value is -5.03. The molecule has 258 valence electrons. The highest BCUT2D eigenvalue weighted by Gasteiger charge is 2.36. The number of benzene rings is 3. The molecule has 0 fully saturated rings. The average Bonchev–Trinajstić information content (AvgIpc) is 3.61. The van der Waals surface area contributed by atoms with Crippen LogP contribution >= 0.6 is 11.8 Å². The van der Waals surface area contributed by atoms with Gasteiger partial charge in [0.2, 0.25) is 0 Å². The van der Waals surface area contributed by atoms with E-state index in [1.165, 1.54) is 0 Å². The Labute approximate surface area is 296 Å². The molecule has 11 heteroatoms. The van der Waals surface area contributed by atoms with Crippen LogP contribution in [0.25, 0.3) is 11.2 Å². The van der Waals surface area contributed by atoms with E-state index in [-0.39, 0.29) is 23.7 Å². The number of fused-ring (bicyclic) bond motifs is 5. The number of thioether (sulfide) groups is 1. The molecule has 4 heterocycles. The van der Waals surface area contributed by atoms with Gasteiger partial charge in [-0.3, -0.25) is 9.36 Å². The SMILES string of the molecule is COc1ccc(CN(Cc2ccc(OC)cc2)c2nc3nc4c2[nH]c(=O)n4Cc2cc(c4c(c2)C(=O)N(C(C)(C)C)C4)CC=CCCS3)cc1. The topological polar surface area (TPSA) is 106 Å². The maximum Gasteiger partial charge on any atom is 0.328 e. The Morgan fingerprint density at radius 3 is 2.16 bits per heavy atom. The van der Waals surface area contributed by atoms with Crippen LogP contribution in [0.15, 0.2) is 82.8 Å². The first-order valence-corrected chi connectivity index (χ1v) is 17.9. The van der Waals surface area contributed by atoms with Crippen LogP contribution in [-0.4, -0.2) is 55.8 Å². The third-order valence-electron chi connectivity index (χ3n) is 9.31. The molecule has 2 aromatic heterocycles. The number of hydrogen-bond donors (Lipinski definition) is 1. The molecule has 0 saturated carbocycles. The second kappa shape index (κ2) is 13.7. The molecule has 3 aromatic carbocycles. The first-order chi connectivity index (χ1) is 24.1. The van der Waals surface area contributed by atoms with Crippen LogP contribution in [0.5, 0.6) is 11.5 Å². The van der Waals surface area contributed by atoms with Crippen LogP contribution in [-0.2, 0) is 32.6 Å². The molecule has 0 atom stereocenters. The zero-order valence-electron chi connectivity index (χ0n) is 29.2. The Bertz CT molecular complexity index is 2080. The summed E-state index contributed by atoms with van der Waals surface area (Å²) in [6, 6.07) is 20.1. The number of aromatic amines is 1. The molecule has 0 spiro atoms. The molecule has 4 bridgehead atoms. The summed E-state index contributed by atoms with van der Waals surface area (Å²) in [7, 11) is 3.31. The summed E-state index contributed by atoms with van der Waals surface area (Å²) in [4.78, 5) is 44.8. The van der Waals surface area contributed by atoms with Crippen LogP contribution in [0.4, 0.5) is 5.82 Å². The van der Waals surface area contributed by atoms with Crippen molar-refractivity contribution in [3.05, 3.63) is 117 Å². The highest BCUT2D eigenvalue weighted by molar-refractivity contribution is 7.99. The van der Waals surface area contributed by atoms with Gasteiger partial charge in [-0.25, -0.2) is 14.8 Å². The van der Waals surface area contributed by atoms with Gasteiger partial charge in [0.1, 0.15) is 17.0 Å². The van der Waals surface area contributed by atoms with Gasteiger partial charge in [0.15, 0.2) is 16.6 Å². The number of nitrogens with zero attached hydrogens (tertiary/aromatic N) is 5. The highest BCUT2D eigenvalue weighted by Crippen LogP contribution is 2.34. The highest BCUT2D eigenvalue weighted by atomic mass is 32.2. The second-order valence-corrected chi connectivity index (χ2v) is 14.8. The van der Waals surface area contributed by atoms with E-state index in [4.69, 9.17) is 19.4 Å². The number of methoxy groups -OCH3 is 2. The monoisotopic (exact) mass is 690 g/mol. The van der Waals surface area contributed by atoms with Gasteiger partial charge in [-0.05, 0) is 91.8 Å². The Morgan fingerprint density at radius 2 is 1.54 bits per heavy atom. The average molecular weight is 691 g/mol. The first kappa shape index (κ1) is 33.5. The van der Waals surface area contributed by atoms with E-state index in [1.54, 1.807) is 30.5 Å². The molecule has 7 rings (SSSR count). The van der Waals surface area contributed by atoms with Crippen LogP contribution < -0.4 is 20.1 Å². The molecule has 0 unspecified atom stereocenters. The predicted octanol–water partition coefficient (Wildman–Crippen LogP) is 6.74. The fourth-order valence-corrected chi connectivity index (χ4v) is 7.38. The molecule has 0 radical (unpaired) electrons. The second-order valence-electron chi connectivity index (χ2n) is 13.8. The normalized spacial score (nSPS) is 14.6. The molecule has 2 aliphatic heterocycles. The molecular formula is C39H42N6O4S. The number of imidazole rings is 1. The minimum atomic E-state index is -0.305. The minimum absolute atomic E-state index is 0.0305. The van der Waals surface area contributed by atoms with Crippen molar-refractivity contribution in [3.63, 3.8) is 0 Å². The number of rotatable bonds is 7. The third-order valence-corrected chi connectivity index (χ3v) is 10.2. The fourth-order valence-electron chi connectivity index (χ4n) is 6.64. The van der Waals surface area contributed by atoms with Gasteiger partial charge in [-0.15, -0.1) is 0 Å². The zero-order valence-corrected chi connectivity index (χ0v) is 30.0. The number of amides is 1. The molecule has 50 heavy (non-hydrogen) atoms. The summed E-state index contributed by atoms with van der Waals surface area (Å²) in [6.45, 7) is 8.11. The lowest BCUT2D eigenvalue weighted by atomic mass is 9.97. The zero-order chi connectivity index (χ0) is 35.0. The van der Waals surface area contributed by atoms with Crippen LogP contribution in [0.3, 0.4) is 0 Å². The van der Waals surface area contributed by atoms with Crippen molar-refractivity contribution in [3.8, 4) is 11.5 Å². The molecule has 1 amide bonds. The van der Waals surface area contributed by atoms with E-state index in [0.717, 1.165) is 63.5 Å². The number of allylic oxidation sites excluding steroid dienone is 2. The van der Waals surface area contributed by atoms with E-state index in [9.17, 15) is 9.59 Å². The number of nitrogens with one attached hydrogen (secondary N) is 1. The molecule has 0 aliphatic carbocycles. The quantitative estimate of drug-likeness (QED) is 0.148. The van der Waals surface area contributed by atoms with Crippen LogP contribution in [0, 0.1) is 0 Å². The minimum Gasteiger partial charge on any atom is -0.497 e. The van der Waals surface area contributed by atoms with Gasteiger partial charge in [0.25, 0.3) is 5.91 Å². The van der Waals surface area contributed by atoms with E-state index in [2.05, 4.69) is 48.9 Å². The fraction of sp³-hybridized carbons (Fsp3) is 0.333. The summed E-state index contributed by atoms with van der Waals surface area (Å²) in [5.41, 5.74) is 6.46. The van der Waals surface area contributed by atoms with Crippen molar-refractivity contribution in [2.75, 3.05) is 24.9 Å². The number of carbonyl (C=O) groups is 1. The molecule has 2 aliphatic rings. The van der Waals surface area contributed by atoms with Gasteiger partial charge in [0.05, 0.1) is 20.8 Å². The van der Waals surface area contributed by atoms with Crippen molar-refractivity contribution < 1.29 is 14.3 Å². The van der Waals surface area contributed by atoms with Crippen molar-refractivity contribution in [2.24, 2.45) is 0 Å². The van der Waals surface area contributed by atoms with Gasteiger partial charge < -0.3 is 24.3 Å². The number of H-pyrrole nitrogens is 1. The molecule has 5 aromatic rings. The summed E-state index contributed by atoms with van der Waals surface area (Å²) in [5.74, 6) is 3.02. The lowest BCUT2D eigenvalue weighted by Crippen LogP contribution is -2.41. The van der Waals surface area contributed by atoms with E-state index in [1.807, 2.05) is 59.5 Å². The Morgan fingerprint density at radius 1 is 0.880 bits per heavy atom. The van der Waals surface area contributed by atoms with Gasteiger partial charge in [0, 0.05) is 36.5 Å². The van der Waals surface area contributed by atoms with E-state index >= 15 is 0 Å². The van der Waals surface area contributed by atoms with Crippen molar-refractivity contribution in [1.29, 1.82) is 0 Å². The van der Waals surface area contributed by atoms with Crippen molar-refractivity contribution >= 4 is 34.7 Å². The van der Waals surface area contributed by atoms with Gasteiger partial charge in [-0.1, -0.05) is 54.2 Å². The number of anilines is 1. The summed E-state index contributed by atoms with van der Waals surface area (Å²) in [5, 5.41) is 0.603. The van der Waals surface area contributed by atoms with Crippen molar-refractivity contribution in [2.45, 2.75) is 70.5 Å². The van der Waals surface area contributed by atoms with Gasteiger partial charge >= 0.3 is 5.69 Å². The van der Waals surface area contributed by atoms with Gasteiger partial charge in [-0.2, -0.15) is 0 Å². The number of carbonyl (C=O) groups excluding carboxylic acids is 1. The largest absolute Gasteiger partial charge is 0.497 e. The van der Waals surface area contributed by atoms with Crippen LogP contribution in [0.1, 0.15) is 65.4 Å². The summed E-state index contributed by atoms with van der Waals surface area (Å²) in [6.07, 6.45) is 5.94. The first-order valence-electron chi connectivity index (χ1n) is 16.9. The van der Waals surface area contributed by atoms with Crippen molar-refractivity contribution in [1.82, 2.24) is 24.4 Å². The lowest BCUT2D eigenvalue weighted by molar-refractivity contribution is 0.0609. The number of aromatic nitrogens is 4. The maximum absolute atomic E-state index is 13.8. The van der Waals surface area contributed by atoms with E-state index in [0.29, 0.717) is 41.8 Å². The summed E-state index contributed by atoms with van der Waals surface area (Å²) >= 11 is 1.58. The van der Waals surface area contributed by atoms with Crippen LogP contribution in [0.2, 0.25) is 0 Å². The molecule has 0 saturated heterocycles. The number of hydrogen-bond acceptors (Lipinski definition) is 8. The number of ether oxygens (including phenoxy) is 2. The standard InChI is InChI=1S/C39H42N6O4S/c1-39(2,3)45-24-32-28-9-7-6-8-18-50-37-41-34(33-35(42-37)44(38(47)40-33)23-27(19-28)20-31(32)36(45)46)43(21-25-10-14-29(48-4)15-11-25)22-26-12-16-30(49-5)17-13-26/h6-7,10-17,19-20H,8-9,18,21-24H2,1-5H3,(H,40,47).